The highest BCUT2D eigenvalue weighted by Crippen LogP contribution is 2.34. The van der Waals surface area contributed by atoms with Gasteiger partial charge in [0.05, 0.1) is 5.92 Å². The first-order valence-corrected chi connectivity index (χ1v) is 6.89. The van der Waals surface area contributed by atoms with Crippen LogP contribution in [0.4, 0.5) is 17.6 Å². The monoisotopic (exact) mass is 339 g/mol. The maximum atomic E-state index is 13.6. The Hall–Kier alpha value is -0.620. The number of nitrogens with zero attached hydrogens (tertiary/aromatic N) is 1. The summed E-state index contributed by atoms with van der Waals surface area (Å²) in [4.78, 5) is 1.87. The average molecular weight is 340 g/mol. The molecule has 1 heterocycles. The molecule has 0 unspecified atom stereocenters. The molecule has 0 amide bonds. The van der Waals surface area contributed by atoms with Gasteiger partial charge in [0.15, 0.2) is 0 Å². The first-order chi connectivity index (χ1) is 8.88. The fourth-order valence-corrected chi connectivity index (χ4v) is 2.79. The summed E-state index contributed by atoms with van der Waals surface area (Å²) in [5, 5.41) is 0. The first kappa shape index (κ1) is 14.8. The molecule has 1 saturated heterocycles. The van der Waals surface area contributed by atoms with Gasteiger partial charge in [-0.2, -0.15) is 13.2 Å². The first-order valence-electron chi connectivity index (χ1n) is 6.10. The normalized spacial score (nSPS) is 18.8. The summed E-state index contributed by atoms with van der Waals surface area (Å²) in [5.74, 6) is -1.54. The van der Waals surface area contributed by atoms with Crippen LogP contribution in [0.3, 0.4) is 0 Å². The van der Waals surface area contributed by atoms with Crippen molar-refractivity contribution in [3.63, 3.8) is 0 Å². The molecule has 0 N–H and O–H groups in total. The standard InChI is InChI=1S/C13H14BrF4N/c14-11-2-1-3-12(15)10(11)8-19-6-4-9(5-7-19)13(16,17)18/h1-3,9H,4-8H2. The molecule has 0 aliphatic carbocycles. The van der Waals surface area contributed by atoms with Gasteiger partial charge >= 0.3 is 6.18 Å². The SMILES string of the molecule is Fc1cccc(Br)c1CN1CCC(C(F)(F)F)CC1. The van der Waals surface area contributed by atoms with Crippen LogP contribution in [0.15, 0.2) is 22.7 Å². The van der Waals surface area contributed by atoms with E-state index in [1.807, 2.05) is 4.90 Å². The van der Waals surface area contributed by atoms with Crippen molar-refractivity contribution in [1.29, 1.82) is 0 Å². The van der Waals surface area contributed by atoms with Gasteiger partial charge in [-0.3, -0.25) is 4.90 Å². The second-order valence-electron chi connectivity index (χ2n) is 4.79. The molecule has 0 saturated carbocycles. The molecule has 19 heavy (non-hydrogen) atoms. The second kappa shape index (κ2) is 5.79. The molecule has 1 nitrogen and oxygen atoms in total. The van der Waals surface area contributed by atoms with Crippen LogP contribution in [0.25, 0.3) is 0 Å². The van der Waals surface area contributed by atoms with Crippen molar-refractivity contribution in [2.24, 2.45) is 5.92 Å². The number of benzene rings is 1. The topological polar surface area (TPSA) is 3.24 Å². The Kier molecular flexibility index (Phi) is 4.50. The molecule has 0 aromatic heterocycles. The van der Waals surface area contributed by atoms with E-state index in [4.69, 9.17) is 0 Å². The lowest BCUT2D eigenvalue weighted by atomic mass is 9.96. The molecular weight excluding hydrogens is 326 g/mol. The summed E-state index contributed by atoms with van der Waals surface area (Å²) >= 11 is 3.27. The summed E-state index contributed by atoms with van der Waals surface area (Å²) in [7, 11) is 0. The zero-order valence-electron chi connectivity index (χ0n) is 10.2. The minimum absolute atomic E-state index is 0.0928. The fraction of sp³-hybridized carbons (Fsp3) is 0.538. The number of hydrogen-bond donors (Lipinski definition) is 0. The average Bonchev–Trinajstić information content (AvgIpc) is 2.33. The summed E-state index contributed by atoms with van der Waals surface area (Å²) in [5.41, 5.74) is 0.507. The van der Waals surface area contributed by atoms with E-state index >= 15 is 0 Å². The van der Waals surface area contributed by atoms with Crippen molar-refractivity contribution in [2.45, 2.75) is 25.6 Å². The molecule has 0 radical (unpaired) electrons. The van der Waals surface area contributed by atoms with E-state index in [0.717, 1.165) is 0 Å². The van der Waals surface area contributed by atoms with Gasteiger partial charge in [0.2, 0.25) is 0 Å². The van der Waals surface area contributed by atoms with Crippen molar-refractivity contribution < 1.29 is 17.6 Å². The number of piperidine rings is 1. The Bertz CT molecular complexity index is 419. The maximum Gasteiger partial charge on any atom is 0.391 e. The highest BCUT2D eigenvalue weighted by atomic mass is 79.9. The molecule has 106 valence electrons. The molecule has 1 aliphatic rings. The van der Waals surface area contributed by atoms with E-state index in [1.54, 1.807) is 12.1 Å². The summed E-state index contributed by atoms with van der Waals surface area (Å²) in [6.07, 6.45) is -3.92. The lowest BCUT2D eigenvalue weighted by Crippen LogP contribution is -2.38. The third kappa shape index (κ3) is 3.69. The molecule has 0 atom stereocenters. The van der Waals surface area contributed by atoms with Gasteiger partial charge in [-0.15, -0.1) is 0 Å². The van der Waals surface area contributed by atoms with E-state index in [0.29, 0.717) is 29.7 Å². The molecule has 1 aromatic carbocycles. The Morgan fingerprint density at radius 2 is 1.84 bits per heavy atom. The van der Waals surface area contributed by atoms with E-state index in [1.165, 1.54) is 6.07 Å². The van der Waals surface area contributed by atoms with E-state index in [2.05, 4.69) is 15.9 Å². The van der Waals surface area contributed by atoms with Crippen molar-refractivity contribution in [3.05, 3.63) is 34.1 Å². The van der Waals surface area contributed by atoms with Crippen molar-refractivity contribution in [1.82, 2.24) is 4.90 Å². The van der Waals surface area contributed by atoms with E-state index in [9.17, 15) is 17.6 Å². The van der Waals surface area contributed by atoms with Gasteiger partial charge in [-0.25, -0.2) is 4.39 Å². The zero-order valence-corrected chi connectivity index (χ0v) is 11.8. The Morgan fingerprint density at radius 3 is 2.37 bits per heavy atom. The van der Waals surface area contributed by atoms with Crippen LogP contribution in [-0.2, 0) is 6.54 Å². The van der Waals surface area contributed by atoms with Gasteiger partial charge in [-0.1, -0.05) is 22.0 Å². The van der Waals surface area contributed by atoms with Crippen molar-refractivity contribution in [2.75, 3.05) is 13.1 Å². The number of halogens is 5. The third-order valence-corrected chi connectivity index (χ3v) is 4.24. The van der Waals surface area contributed by atoms with Crippen LogP contribution >= 0.6 is 15.9 Å². The number of likely N-dealkylation sites (tertiary alicyclic amines) is 1. The number of alkyl halides is 3. The molecule has 0 bridgehead atoms. The Labute approximate surface area is 117 Å². The Balaban J connectivity index is 1.96. The summed E-state index contributed by atoms with van der Waals surface area (Å²) < 4.78 is 51.9. The van der Waals surface area contributed by atoms with Gasteiger partial charge in [-0.05, 0) is 38.1 Å². The van der Waals surface area contributed by atoms with Crippen LogP contribution in [0.1, 0.15) is 18.4 Å². The Morgan fingerprint density at radius 1 is 1.21 bits per heavy atom. The number of hydrogen-bond acceptors (Lipinski definition) is 1. The smallest absolute Gasteiger partial charge is 0.299 e. The third-order valence-electron chi connectivity index (χ3n) is 3.49. The highest BCUT2D eigenvalue weighted by molar-refractivity contribution is 9.10. The zero-order chi connectivity index (χ0) is 14.0. The van der Waals surface area contributed by atoms with Crippen LogP contribution in [-0.4, -0.2) is 24.2 Å². The molecule has 2 rings (SSSR count). The van der Waals surface area contributed by atoms with Crippen LogP contribution in [0.5, 0.6) is 0 Å². The van der Waals surface area contributed by atoms with Gasteiger partial charge < -0.3 is 0 Å². The largest absolute Gasteiger partial charge is 0.391 e. The van der Waals surface area contributed by atoms with E-state index in [-0.39, 0.29) is 18.7 Å². The van der Waals surface area contributed by atoms with Crippen LogP contribution in [0.2, 0.25) is 0 Å². The lowest BCUT2D eigenvalue weighted by molar-refractivity contribution is -0.185. The van der Waals surface area contributed by atoms with Crippen molar-refractivity contribution >= 4 is 15.9 Å². The van der Waals surface area contributed by atoms with Crippen molar-refractivity contribution in [3.8, 4) is 0 Å². The minimum atomic E-state index is -4.11. The summed E-state index contributed by atoms with van der Waals surface area (Å²) in [6.45, 7) is 1.05. The minimum Gasteiger partial charge on any atom is -0.299 e. The molecule has 1 aliphatic heterocycles. The predicted octanol–water partition coefficient (Wildman–Crippen LogP) is 4.36. The molecule has 0 spiro atoms. The van der Waals surface area contributed by atoms with Gasteiger partial charge in [0.25, 0.3) is 0 Å². The highest BCUT2D eigenvalue weighted by Gasteiger charge is 2.41. The molecule has 1 aromatic rings. The van der Waals surface area contributed by atoms with Gasteiger partial charge in [0, 0.05) is 16.6 Å². The fourth-order valence-electron chi connectivity index (χ4n) is 2.33. The molecule has 6 heteroatoms. The lowest BCUT2D eigenvalue weighted by Gasteiger charge is -2.33. The summed E-state index contributed by atoms with van der Waals surface area (Å²) in [6, 6.07) is 4.70. The van der Waals surface area contributed by atoms with E-state index < -0.39 is 12.1 Å². The predicted molar refractivity (Wildman–Crippen MR) is 68.2 cm³/mol. The van der Waals surface area contributed by atoms with Crippen LogP contribution < -0.4 is 0 Å². The molecular formula is C13H14BrF4N. The van der Waals surface area contributed by atoms with Crippen LogP contribution in [0, 0.1) is 11.7 Å². The maximum absolute atomic E-state index is 13.6. The second-order valence-corrected chi connectivity index (χ2v) is 5.65. The molecule has 1 fully saturated rings. The van der Waals surface area contributed by atoms with Gasteiger partial charge in [0.1, 0.15) is 5.82 Å². The number of rotatable bonds is 2. The quantitative estimate of drug-likeness (QED) is 0.723.